The first-order valence-corrected chi connectivity index (χ1v) is 0. The third kappa shape index (κ3) is 41.4. The number of hydrogen-bond donors (Lipinski definition) is 0. The topological polar surface area (TPSA) is 0 Å². The Bertz CT molecular complexity index is 6.90. The fourth-order valence-electron chi connectivity index (χ4n) is 0. The van der Waals surface area contributed by atoms with Crippen molar-refractivity contribution < 1.29 is 63.2 Å². The minimum Gasteiger partial charge on any atom is -3.00 e. The third-order valence-corrected chi connectivity index (χ3v) is 0. The normalized spacial score (nSPS) is 0. The van der Waals surface area contributed by atoms with Crippen LogP contribution in [0.5, 0.6) is 0 Å². The summed E-state index contributed by atoms with van der Waals surface area (Å²) in [4.78, 5) is 0. The molecule has 0 radical (unpaired) electrons. The van der Waals surface area contributed by atoms with Crippen LogP contribution in [-0.2, 0) is 63.2 Å². The maximum atomic E-state index is 0. The van der Waals surface area contributed by atoms with Crippen molar-refractivity contribution >= 4 is 39.6 Å². The Morgan fingerprint density at radius 1 is 0.286 bits per heavy atom. The predicted molar refractivity (Wildman–Crippen MR) is 27.7 cm³/mol. The summed E-state index contributed by atoms with van der Waals surface area (Å²) in [7, 11) is 0. The quantitative estimate of drug-likeness (QED) is 0.339. The first-order chi connectivity index (χ1) is 0. The summed E-state index contributed by atoms with van der Waals surface area (Å²) in [6, 6.07) is 0. The molecular weight excluding hydrogens is 709 g/mol. The molecule has 50 valence electrons. The molecule has 0 aliphatic heterocycles. The van der Waals surface area contributed by atoms with E-state index in [1.54, 1.807) is 0 Å². The van der Waals surface area contributed by atoms with Gasteiger partial charge in [0.15, 0.2) is 0 Å². The van der Waals surface area contributed by atoms with E-state index in [-0.39, 0.29) is 103 Å². The van der Waals surface area contributed by atoms with Crippen LogP contribution in [0.4, 0.5) is 0 Å². The van der Waals surface area contributed by atoms with Gasteiger partial charge in [-0.05, 0) is 0 Å². The van der Waals surface area contributed by atoms with Gasteiger partial charge in [-0.2, -0.15) is 0 Å². The molecule has 0 N–H and O–H groups in total. The Labute approximate surface area is 102 Å². The summed E-state index contributed by atoms with van der Waals surface area (Å²) in [5, 5.41) is 0. The van der Waals surface area contributed by atoms with Gasteiger partial charge in [0.2, 0.25) is 0 Å². The van der Waals surface area contributed by atoms with E-state index in [1.165, 1.54) is 0 Å². The van der Waals surface area contributed by atoms with Crippen molar-refractivity contribution in [2.75, 3.05) is 0 Å². The molecule has 7 heavy (non-hydrogen) atoms. The van der Waals surface area contributed by atoms with E-state index in [4.69, 9.17) is 0 Å². The summed E-state index contributed by atoms with van der Waals surface area (Å²) in [6.07, 6.45) is 0. The first-order valence-electron chi connectivity index (χ1n) is 0. The summed E-state index contributed by atoms with van der Waals surface area (Å²) in [5.41, 5.74) is 0. The average molecular weight is 709 g/mol. The van der Waals surface area contributed by atoms with Gasteiger partial charge < -0.3 is 39.6 Å². The van der Waals surface area contributed by atoms with E-state index in [1.807, 2.05) is 0 Å². The second-order valence-corrected chi connectivity index (χ2v) is 0. The molecule has 7 heteroatoms. The largest absolute Gasteiger partial charge is 4.00 e. The molecule has 0 nitrogen and oxygen atoms in total. The molecule has 0 saturated carbocycles. The molecule has 0 spiro atoms. The summed E-state index contributed by atoms with van der Waals surface area (Å²) in [5.74, 6) is 0. The van der Waals surface area contributed by atoms with Crippen LogP contribution in [0.15, 0.2) is 0 Å². The van der Waals surface area contributed by atoms with Gasteiger partial charge in [0.1, 0.15) is 0 Å². The fraction of sp³-hybridized carbons (Fsp3) is 0. The molecule has 0 aromatic heterocycles. The van der Waals surface area contributed by atoms with Crippen molar-refractivity contribution in [1.82, 2.24) is 0 Å². The van der Waals surface area contributed by atoms with Gasteiger partial charge in [-0.15, -0.1) is 0 Å². The molecule has 0 heterocycles. The molecule has 0 rings (SSSR count). The summed E-state index contributed by atoms with van der Waals surface area (Å²) < 4.78 is 0. The van der Waals surface area contributed by atoms with Gasteiger partial charge in [-0.25, -0.2) is 0 Å². The molecule has 0 saturated heterocycles. The van der Waals surface area contributed by atoms with Gasteiger partial charge in [-0.1, -0.05) is 0 Å². The average Bonchev–Trinajstić information content (AvgIpc) is 0. The summed E-state index contributed by atoms with van der Waals surface area (Å²) >= 11 is 0. The maximum Gasteiger partial charge on any atom is 4.00 e. The second kappa shape index (κ2) is 52.7. The van der Waals surface area contributed by atoms with Crippen LogP contribution in [0.3, 0.4) is 0 Å². The molecule has 0 unspecified atom stereocenters. The van der Waals surface area contributed by atoms with E-state index in [9.17, 15) is 0 Å². The van der Waals surface area contributed by atoms with Gasteiger partial charge in [0.25, 0.3) is 0 Å². The Morgan fingerprint density at radius 3 is 0.286 bits per heavy atom. The van der Waals surface area contributed by atoms with Crippen molar-refractivity contribution in [3.63, 3.8) is 0 Å². The SMILES string of the molecule is [P-3].[P-3].[P-3].[P-3].[Pt+4].[Pt+4].[Pt+4]. The first kappa shape index (κ1) is 72.1. The van der Waals surface area contributed by atoms with E-state index in [2.05, 4.69) is 0 Å². The van der Waals surface area contributed by atoms with Gasteiger partial charge >= 0.3 is 63.2 Å². The van der Waals surface area contributed by atoms with E-state index < -0.39 is 0 Å². The monoisotopic (exact) mass is 709 g/mol. The van der Waals surface area contributed by atoms with Crippen LogP contribution in [0, 0.1) is 0 Å². The van der Waals surface area contributed by atoms with Crippen molar-refractivity contribution in [2.24, 2.45) is 0 Å². The molecule has 0 aliphatic rings. The molecule has 0 aliphatic carbocycles. The molecule has 0 amide bonds. The smallest absolute Gasteiger partial charge is 3.00 e. The molecule has 0 atom stereocenters. The third-order valence-electron chi connectivity index (χ3n) is 0. The zero-order valence-corrected chi connectivity index (χ0v) is 13.1. The zero-order chi connectivity index (χ0) is 0. The molecule has 0 aromatic rings. The van der Waals surface area contributed by atoms with Gasteiger partial charge in [0.05, 0.1) is 0 Å². The van der Waals surface area contributed by atoms with Crippen LogP contribution >= 0.6 is 39.6 Å². The number of hydrogen-bond acceptors (Lipinski definition) is 0. The van der Waals surface area contributed by atoms with Crippen LogP contribution in [0.2, 0.25) is 0 Å². The van der Waals surface area contributed by atoms with Crippen LogP contribution < -0.4 is 0 Å². The van der Waals surface area contributed by atoms with Crippen molar-refractivity contribution in [1.29, 1.82) is 0 Å². The predicted octanol–water partition coefficient (Wildman–Crippen LogP) is 3.44. The Balaban J connectivity index is 0. The van der Waals surface area contributed by atoms with Gasteiger partial charge in [-0.3, -0.25) is 0 Å². The van der Waals surface area contributed by atoms with Crippen LogP contribution in [-0.4, -0.2) is 0 Å². The number of rotatable bonds is 0. The van der Waals surface area contributed by atoms with Crippen molar-refractivity contribution in [3.8, 4) is 0 Å². The Hall–Kier alpha value is 3.78. The molecular formula is P4Pt3. The molecule has 0 fully saturated rings. The molecule has 0 aromatic carbocycles. The van der Waals surface area contributed by atoms with E-state index in [0.717, 1.165) is 0 Å². The van der Waals surface area contributed by atoms with Crippen LogP contribution in [0.1, 0.15) is 0 Å². The van der Waals surface area contributed by atoms with E-state index in [0.29, 0.717) is 0 Å². The Kier molecular flexibility index (Phi) is 543. The van der Waals surface area contributed by atoms with E-state index >= 15 is 0 Å². The van der Waals surface area contributed by atoms with Gasteiger partial charge in [0, 0.05) is 0 Å². The molecule has 0 bridgehead atoms. The minimum absolute atomic E-state index is 0. The van der Waals surface area contributed by atoms with Crippen molar-refractivity contribution in [3.05, 3.63) is 0 Å². The van der Waals surface area contributed by atoms with Crippen LogP contribution in [0.25, 0.3) is 0 Å². The van der Waals surface area contributed by atoms with Crippen molar-refractivity contribution in [2.45, 2.75) is 0 Å². The zero-order valence-electron chi connectivity index (χ0n) is 2.74. The fourth-order valence-corrected chi connectivity index (χ4v) is 0. The standard InChI is InChI=1S/4P.3Pt/q4*-3;3*+4. The summed E-state index contributed by atoms with van der Waals surface area (Å²) in [6.45, 7) is 0. The maximum absolute atomic E-state index is 0. The minimum atomic E-state index is 0. The Morgan fingerprint density at radius 2 is 0.286 bits per heavy atom. The second-order valence-electron chi connectivity index (χ2n) is 0.